The van der Waals surface area contributed by atoms with Gasteiger partial charge in [0.2, 0.25) is 0 Å². The van der Waals surface area contributed by atoms with E-state index in [4.69, 9.17) is 11.6 Å². The maximum atomic E-state index is 12.0. The zero-order chi connectivity index (χ0) is 13.0. The minimum atomic E-state index is -3.21. The Hall–Kier alpha value is -0.620. The number of nitrogens with one attached hydrogen (secondary N) is 2. The van der Waals surface area contributed by atoms with Crippen LogP contribution in [-0.2, 0) is 9.84 Å². The Labute approximate surface area is 113 Å². The molecule has 0 spiro atoms. The van der Waals surface area contributed by atoms with Crippen LogP contribution in [-0.4, -0.2) is 39.8 Å². The fraction of sp³-hybridized carbons (Fsp3) is 0.500. The van der Waals surface area contributed by atoms with Gasteiger partial charge in [0.1, 0.15) is 0 Å². The molecule has 0 aliphatic carbocycles. The van der Waals surface area contributed by atoms with Crippen molar-refractivity contribution in [3.8, 4) is 0 Å². The summed E-state index contributed by atoms with van der Waals surface area (Å²) in [6, 6.07) is 6.69. The van der Waals surface area contributed by atoms with E-state index in [-0.39, 0.29) is 5.75 Å². The molecule has 0 saturated carbocycles. The van der Waals surface area contributed by atoms with Gasteiger partial charge in [-0.25, -0.2) is 8.42 Å². The first-order chi connectivity index (χ1) is 8.58. The maximum absolute atomic E-state index is 12.0. The molecule has 1 atom stereocenters. The monoisotopic (exact) mass is 288 g/mol. The summed E-state index contributed by atoms with van der Waals surface area (Å²) in [6.45, 7) is 2.40. The lowest BCUT2D eigenvalue weighted by atomic mass is 10.3. The molecule has 1 aliphatic rings. The molecule has 1 aromatic rings. The second kappa shape index (κ2) is 6.02. The van der Waals surface area contributed by atoms with E-state index in [9.17, 15) is 8.42 Å². The number of halogens is 1. The van der Waals surface area contributed by atoms with E-state index in [1.165, 1.54) is 0 Å². The number of sulfone groups is 1. The van der Waals surface area contributed by atoms with Crippen LogP contribution in [0.25, 0.3) is 0 Å². The first kappa shape index (κ1) is 13.8. The van der Waals surface area contributed by atoms with Crippen LogP contribution in [0.5, 0.6) is 0 Å². The highest BCUT2D eigenvalue weighted by Crippen LogP contribution is 2.15. The molecule has 2 N–H and O–H groups in total. The van der Waals surface area contributed by atoms with Gasteiger partial charge in [-0.05, 0) is 37.2 Å². The van der Waals surface area contributed by atoms with E-state index in [1.54, 1.807) is 24.3 Å². The van der Waals surface area contributed by atoms with Crippen molar-refractivity contribution in [2.24, 2.45) is 0 Å². The average molecular weight is 289 g/mol. The molecule has 1 heterocycles. The molecular weight excluding hydrogens is 272 g/mol. The SMILES string of the molecule is O=S(=O)(CCNC1CCNC1)c1ccc(Cl)cc1. The van der Waals surface area contributed by atoms with E-state index in [1.807, 2.05) is 0 Å². The van der Waals surface area contributed by atoms with Crippen molar-refractivity contribution in [1.29, 1.82) is 0 Å². The van der Waals surface area contributed by atoms with Gasteiger partial charge in [-0.3, -0.25) is 0 Å². The minimum Gasteiger partial charge on any atom is -0.315 e. The molecular formula is C12H17ClN2O2S. The van der Waals surface area contributed by atoms with Crippen molar-refractivity contribution in [3.05, 3.63) is 29.3 Å². The predicted octanol–water partition coefficient (Wildman–Crippen LogP) is 1.07. The molecule has 0 bridgehead atoms. The third-order valence-electron chi connectivity index (χ3n) is 3.04. The standard InChI is InChI=1S/C12H17ClN2O2S/c13-10-1-3-12(4-2-10)18(16,17)8-7-15-11-5-6-14-9-11/h1-4,11,14-15H,5-9H2. The van der Waals surface area contributed by atoms with Gasteiger partial charge in [0.05, 0.1) is 10.6 Å². The van der Waals surface area contributed by atoms with E-state index in [2.05, 4.69) is 10.6 Å². The summed E-state index contributed by atoms with van der Waals surface area (Å²) in [5.41, 5.74) is 0. The van der Waals surface area contributed by atoms with Crippen molar-refractivity contribution in [2.45, 2.75) is 17.4 Å². The fourth-order valence-corrected chi connectivity index (χ4v) is 3.29. The first-order valence-corrected chi connectivity index (χ1v) is 8.03. The molecule has 0 aromatic heterocycles. The normalized spacial score (nSPS) is 20.2. The lowest BCUT2D eigenvalue weighted by Gasteiger charge is -2.11. The zero-order valence-corrected chi connectivity index (χ0v) is 11.6. The summed E-state index contributed by atoms with van der Waals surface area (Å²) < 4.78 is 24.0. The van der Waals surface area contributed by atoms with Crippen molar-refractivity contribution >= 4 is 21.4 Å². The molecule has 18 heavy (non-hydrogen) atoms. The molecule has 1 fully saturated rings. The summed E-state index contributed by atoms with van der Waals surface area (Å²) >= 11 is 5.74. The Morgan fingerprint density at radius 1 is 1.33 bits per heavy atom. The average Bonchev–Trinajstić information content (AvgIpc) is 2.82. The molecule has 100 valence electrons. The number of hydrogen-bond acceptors (Lipinski definition) is 4. The highest BCUT2D eigenvalue weighted by atomic mass is 35.5. The third kappa shape index (κ3) is 3.68. The Bertz CT molecular complexity index is 481. The van der Waals surface area contributed by atoms with Crippen LogP contribution in [0.15, 0.2) is 29.2 Å². The molecule has 1 saturated heterocycles. The van der Waals surface area contributed by atoms with Gasteiger partial charge in [0.25, 0.3) is 0 Å². The molecule has 4 nitrogen and oxygen atoms in total. The van der Waals surface area contributed by atoms with Crippen LogP contribution in [0.4, 0.5) is 0 Å². The maximum Gasteiger partial charge on any atom is 0.179 e. The largest absolute Gasteiger partial charge is 0.315 e. The summed E-state index contributed by atoms with van der Waals surface area (Å²) in [4.78, 5) is 0.332. The van der Waals surface area contributed by atoms with Crippen molar-refractivity contribution in [3.63, 3.8) is 0 Å². The van der Waals surface area contributed by atoms with Crippen LogP contribution >= 0.6 is 11.6 Å². The Balaban J connectivity index is 1.88. The van der Waals surface area contributed by atoms with E-state index in [0.29, 0.717) is 22.5 Å². The van der Waals surface area contributed by atoms with Crippen LogP contribution in [0.2, 0.25) is 5.02 Å². The van der Waals surface area contributed by atoms with Gasteiger partial charge in [0.15, 0.2) is 9.84 Å². The topological polar surface area (TPSA) is 58.2 Å². The van der Waals surface area contributed by atoms with Gasteiger partial charge in [-0.2, -0.15) is 0 Å². The van der Waals surface area contributed by atoms with E-state index < -0.39 is 9.84 Å². The first-order valence-electron chi connectivity index (χ1n) is 6.00. The highest BCUT2D eigenvalue weighted by molar-refractivity contribution is 7.91. The smallest absolute Gasteiger partial charge is 0.179 e. The van der Waals surface area contributed by atoms with Crippen molar-refractivity contribution < 1.29 is 8.42 Å². The molecule has 0 radical (unpaired) electrons. The van der Waals surface area contributed by atoms with E-state index >= 15 is 0 Å². The lowest BCUT2D eigenvalue weighted by Crippen LogP contribution is -2.34. The summed E-state index contributed by atoms with van der Waals surface area (Å²) in [5, 5.41) is 7.03. The number of rotatable bonds is 5. The summed E-state index contributed by atoms with van der Waals surface area (Å²) in [5.74, 6) is 0.116. The number of benzene rings is 1. The van der Waals surface area contributed by atoms with Crippen molar-refractivity contribution in [1.82, 2.24) is 10.6 Å². The summed E-state index contributed by atoms with van der Waals surface area (Å²) in [6.07, 6.45) is 1.06. The van der Waals surface area contributed by atoms with Crippen LogP contribution in [0, 0.1) is 0 Å². The highest BCUT2D eigenvalue weighted by Gasteiger charge is 2.17. The number of hydrogen-bond donors (Lipinski definition) is 2. The fourth-order valence-electron chi connectivity index (χ4n) is 1.99. The molecule has 6 heteroatoms. The zero-order valence-electron chi connectivity index (χ0n) is 10.0. The molecule has 2 rings (SSSR count). The Morgan fingerprint density at radius 2 is 2.06 bits per heavy atom. The van der Waals surface area contributed by atoms with E-state index in [0.717, 1.165) is 19.5 Å². The van der Waals surface area contributed by atoms with Gasteiger partial charge >= 0.3 is 0 Å². The second-order valence-electron chi connectivity index (χ2n) is 4.42. The quantitative estimate of drug-likeness (QED) is 0.851. The van der Waals surface area contributed by atoms with Crippen LogP contribution in [0.1, 0.15) is 6.42 Å². The Morgan fingerprint density at radius 3 is 2.67 bits per heavy atom. The lowest BCUT2D eigenvalue weighted by molar-refractivity contribution is 0.555. The molecule has 1 unspecified atom stereocenters. The Kier molecular flexibility index (Phi) is 4.61. The second-order valence-corrected chi connectivity index (χ2v) is 6.96. The minimum absolute atomic E-state index is 0.116. The van der Waals surface area contributed by atoms with Crippen molar-refractivity contribution in [2.75, 3.05) is 25.4 Å². The summed E-state index contributed by atoms with van der Waals surface area (Å²) in [7, 11) is -3.21. The van der Waals surface area contributed by atoms with Gasteiger partial charge in [-0.1, -0.05) is 11.6 Å². The van der Waals surface area contributed by atoms with Gasteiger partial charge in [-0.15, -0.1) is 0 Å². The predicted molar refractivity (Wildman–Crippen MR) is 72.8 cm³/mol. The van der Waals surface area contributed by atoms with Crippen LogP contribution < -0.4 is 10.6 Å². The van der Waals surface area contributed by atoms with Gasteiger partial charge in [0, 0.05) is 24.2 Å². The molecule has 1 aliphatic heterocycles. The van der Waals surface area contributed by atoms with Crippen LogP contribution in [0.3, 0.4) is 0 Å². The van der Waals surface area contributed by atoms with Gasteiger partial charge < -0.3 is 10.6 Å². The molecule has 0 amide bonds. The third-order valence-corrected chi connectivity index (χ3v) is 5.02. The molecule has 1 aromatic carbocycles.